The van der Waals surface area contributed by atoms with E-state index in [1.54, 1.807) is 19.3 Å². The van der Waals surface area contributed by atoms with Crippen LogP contribution < -0.4 is 0 Å². The van der Waals surface area contributed by atoms with Crippen molar-refractivity contribution in [3.63, 3.8) is 0 Å². The summed E-state index contributed by atoms with van der Waals surface area (Å²) in [5.74, 6) is 0.607. The van der Waals surface area contributed by atoms with Gasteiger partial charge in [-0.1, -0.05) is 6.07 Å². The van der Waals surface area contributed by atoms with Crippen LogP contribution in [0.4, 0.5) is 0 Å². The van der Waals surface area contributed by atoms with Crippen LogP contribution in [0.2, 0.25) is 0 Å². The van der Waals surface area contributed by atoms with Gasteiger partial charge in [0.2, 0.25) is 0 Å². The minimum atomic E-state index is 0.607. The molecule has 0 aliphatic heterocycles. The average molecular weight is 214 g/mol. The summed E-state index contributed by atoms with van der Waals surface area (Å²) in [6.07, 6.45) is 6.32. The Balaban J connectivity index is 1.97. The van der Waals surface area contributed by atoms with Crippen molar-refractivity contribution in [2.24, 2.45) is 10.2 Å². The topological polar surface area (TPSA) is 63.6 Å². The summed E-state index contributed by atoms with van der Waals surface area (Å²) >= 11 is 0. The Kier molecular flexibility index (Phi) is 3.18. The zero-order chi connectivity index (χ0) is 11.2. The summed E-state index contributed by atoms with van der Waals surface area (Å²) in [6, 6.07) is 5.58. The SMILES string of the molecule is Cc1nc(/C=N/N=C/c2ccccn2)co1. The highest BCUT2D eigenvalue weighted by molar-refractivity contribution is 5.79. The molecule has 0 bridgehead atoms. The molecule has 0 unspecified atom stereocenters. The molecule has 0 atom stereocenters. The second kappa shape index (κ2) is 4.97. The van der Waals surface area contributed by atoms with Gasteiger partial charge in [0.25, 0.3) is 0 Å². The minimum absolute atomic E-state index is 0.607. The van der Waals surface area contributed by atoms with Crippen LogP contribution in [0.1, 0.15) is 17.3 Å². The molecule has 0 spiro atoms. The van der Waals surface area contributed by atoms with Gasteiger partial charge in [-0.2, -0.15) is 10.2 Å². The molecule has 5 heteroatoms. The predicted octanol–water partition coefficient (Wildman–Crippen LogP) is 1.83. The standard InChI is InChI=1S/C11H10N4O/c1-9-15-11(8-16-9)7-14-13-6-10-4-2-3-5-12-10/h2-8H,1H3/b13-6+,14-7+. The van der Waals surface area contributed by atoms with E-state index in [4.69, 9.17) is 4.42 Å². The first-order valence-corrected chi connectivity index (χ1v) is 4.74. The molecular weight excluding hydrogens is 204 g/mol. The maximum Gasteiger partial charge on any atom is 0.191 e. The molecule has 0 saturated heterocycles. The third-order valence-corrected chi connectivity index (χ3v) is 1.77. The summed E-state index contributed by atoms with van der Waals surface area (Å²) in [7, 11) is 0. The summed E-state index contributed by atoms with van der Waals surface area (Å²) in [5.41, 5.74) is 1.41. The third-order valence-electron chi connectivity index (χ3n) is 1.77. The average Bonchev–Trinajstić information content (AvgIpc) is 2.72. The molecule has 0 aliphatic carbocycles. The number of hydrogen-bond acceptors (Lipinski definition) is 5. The van der Waals surface area contributed by atoms with Gasteiger partial charge in [0.15, 0.2) is 5.89 Å². The normalized spacial score (nSPS) is 11.6. The van der Waals surface area contributed by atoms with E-state index in [-0.39, 0.29) is 0 Å². The van der Waals surface area contributed by atoms with Crippen molar-refractivity contribution >= 4 is 12.4 Å². The number of pyridine rings is 1. The van der Waals surface area contributed by atoms with E-state index < -0.39 is 0 Å². The summed E-state index contributed by atoms with van der Waals surface area (Å²) in [4.78, 5) is 8.12. The summed E-state index contributed by atoms with van der Waals surface area (Å²) < 4.78 is 5.01. The smallest absolute Gasteiger partial charge is 0.191 e. The van der Waals surface area contributed by atoms with E-state index in [1.165, 1.54) is 12.5 Å². The molecule has 2 aromatic heterocycles. The Bertz CT molecular complexity index is 502. The fourth-order valence-electron chi connectivity index (χ4n) is 1.08. The van der Waals surface area contributed by atoms with Crippen molar-refractivity contribution in [2.75, 3.05) is 0 Å². The third kappa shape index (κ3) is 2.84. The lowest BCUT2D eigenvalue weighted by Crippen LogP contribution is -1.84. The molecule has 80 valence electrons. The van der Waals surface area contributed by atoms with Crippen molar-refractivity contribution in [3.05, 3.63) is 47.9 Å². The van der Waals surface area contributed by atoms with Gasteiger partial charge in [-0.15, -0.1) is 0 Å². The Morgan fingerprint density at radius 2 is 2.00 bits per heavy atom. The van der Waals surface area contributed by atoms with Crippen LogP contribution in [-0.2, 0) is 0 Å². The van der Waals surface area contributed by atoms with E-state index in [1.807, 2.05) is 18.2 Å². The fourth-order valence-corrected chi connectivity index (χ4v) is 1.08. The molecule has 0 amide bonds. The van der Waals surface area contributed by atoms with E-state index in [0.717, 1.165) is 5.69 Å². The first-order valence-electron chi connectivity index (χ1n) is 4.74. The number of nitrogens with zero attached hydrogens (tertiary/aromatic N) is 4. The minimum Gasteiger partial charge on any atom is -0.449 e. The molecule has 0 aliphatic rings. The van der Waals surface area contributed by atoms with Gasteiger partial charge < -0.3 is 4.42 Å². The Hall–Kier alpha value is -2.30. The van der Waals surface area contributed by atoms with Crippen molar-refractivity contribution in [1.29, 1.82) is 0 Å². The molecule has 0 N–H and O–H groups in total. The lowest BCUT2D eigenvalue weighted by Gasteiger charge is -1.86. The second-order valence-electron chi connectivity index (χ2n) is 3.04. The number of oxazole rings is 1. The van der Waals surface area contributed by atoms with Crippen molar-refractivity contribution in [2.45, 2.75) is 6.92 Å². The Morgan fingerprint density at radius 1 is 1.19 bits per heavy atom. The highest BCUT2D eigenvalue weighted by Crippen LogP contribution is 1.96. The van der Waals surface area contributed by atoms with Crippen molar-refractivity contribution in [1.82, 2.24) is 9.97 Å². The predicted molar refractivity (Wildman–Crippen MR) is 60.7 cm³/mol. The van der Waals surface area contributed by atoms with E-state index in [2.05, 4.69) is 20.2 Å². The first kappa shape index (κ1) is 10.2. The zero-order valence-corrected chi connectivity index (χ0v) is 8.74. The first-order chi connectivity index (χ1) is 7.84. The molecule has 16 heavy (non-hydrogen) atoms. The highest BCUT2D eigenvalue weighted by Gasteiger charge is 1.93. The molecular formula is C11H10N4O. The summed E-state index contributed by atoms with van der Waals surface area (Å²) in [5, 5.41) is 7.68. The monoisotopic (exact) mass is 214 g/mol. The summed E-state index contributed by atoms with van der Waals surface area (Å²) in [6.45, 7) is 1.77. The van der Waals surface area contributed by atoms with Gasteiger partial charge in [0.05, 0.1) is 18.1 Å². The van der Waals surface area contributed by atoms with Gasteiger partial charge >= 0.3 is 0 Å². The van der Waals surface area contributed by atoms with Crippen LogP contribution in [0.15, 0.2) is 45.3 Å². The molecule has 0 aromatic carbocycles. The molecule has 2 heterocycles. The number of rotatable bonds is 3. The van der Waals surface area contributed by atoms with E-state index in [9.17, 15) is 0 Å². The molecule has 0 fully saturated rings. The van der Waals surface area contributed by atoms with Crippen LogP contribution in [0.5, 0.6) is 0 Å². The molecule has 2 aromatic rings. The fraction of sp³-hybridized carbons (Fsp3) is 0.0909. The molecule has 2 rings (SSSR count). The zero-order valence-electron chi connectivity index (χ0n) is 8.74. The van der Waals surface area contributed by atoms with Gasteiger partial charge in [-0.05, 0) is 12.1 Å². The second-order valence-corrected chi connectivity index (χ2v) is 3.04. The van der Waals surface area contributed by atoms with Crippen LogP contribution >= 0.6 is 0 Å². The van der Waals surface area contributed by atoms with Crippen LogP contribution in [0.3, 0.4) is 0 Å². The van der Waals surface area contributed by atoms with Crippen LogP contribution in [0, 0.1) is 6.92 Å². The molecule has 0 radical (unpaired) electrons. The van der Waals surface area contributed by atoms with Crippen molar-refractivity contribution in [3.8, 4) is 0 Å². The van der Waals surface area contributed by atoms with Crippen molar-refractivity contribution < 1.29 is 4.42 Å². The van der Waals surface area contributed by atoms with E-state index in [0.29, 0.717) is 11.6 Å². The lowest BCUT2D eigenvalue weighted by atomic mass is 10.4. The highest BCUT2D eigenvalue weighted by atomic mass is 16.3. The van der Waals surface area contributed by atoms with Gasteiger partial charge in [0, 0.05) is 13.1 Å². The van der Waals surface area contributed by atoms with E-state index >= 15 is 0 Å². The number of aryl methyl sites for hydroxylation is 1. The maximum absolute atomic E-state index is 5.01. The maximum atomic E-state index is 5.01. The van der Waals surface area contributed by atoms with Gasteiger partial charge in [-0.3, -0.25) is 4.98 Å². The van der Waals surface area contributed by atoms with Crippen LogP contribution in [-0.4, -0.2) is 22.4 Å². The molecule has 5 nitrogen and oxygen atoms in total. The Morgan fingerprint density at radius 3 is 2.62 bits per heavy atom. The van der Waals surface area contributed by atoms with Crippen LogP contribution in [0.25, 0.3) is 0 Å². The van der Waals surface area contributed by atoms with Gasteiger partial charge in [-0.25, -0.2) is 4.98 Å². The molecule has 0 saturated carbocycles. The lowest BCUT2D eigenvalue weighted by molar-refractivity contribution is 0.521. The number of hydrogen-bond donors (Lipinski definition) is 0. The quantitative estimate of drug-likeness (QED) is 0.578. The Labute approximate surface area is 92.6 Å². The largest absolute Gasteiger partial charge is 0.449 e. The van der Waals surface area contributed by atoms with Gasteiger partial charge in [0.1, 0.15) is 12.0 Å². The number of aromatic nitrogens is 2.